The lowest BCUT2D eigenvalue weighted by Crippen LogP contribution is -2.22. The lowest BCUT2D eigenvalue weighted by Gasteiger charge is -2.33. The summed E-state index contributed by atoms with van der Waals surface area (Å²) in [6.45, 7) is 6.59. The average Bonchev–Trinajstić information content (AvgIpc) is 3.18. The van der Waals surface area contributed by atoms with Gasteiger partial charge in [0.15, 0.2) is 0 Å². The Balaban J connectivity index is 1.09. The highest BCUT2D eigenvalue weighted by Crippen LogP contribution is 2.50. The fourth-order valence-electron chi connectivity index (χ4n) is 7.13. The third-order valence-electron chi connectivity index (χ3n) is 9.84. The van der Waals surface area contributed by atoms with E-state index in [0.29, 0.717) is 5.56 Å². The van der Waals surface area contributed by atoms with Crippen molar-refractivity contribution in [3.8, 4) is 0 Å². The van der Waals surface area contributed by atoms with Gasteiger partial charge in [-0.2, -0.15) is 0 Å². The van der Waals surface area contributed by atoms with E-state index in [1.165, 1.54) is 93.7 Å². The fraction of sp³-hybridized carbons (Fsp3) is 0.255. The van der Waals surface area contributed by atoms with E-state index < -0.39 is 0 Å². The number of carbonyl (C=O) groups excluding carboxylic acids is 1. The van der Waals surface area contributed by atoms with Gasteiger partial charge < -0.3 is 9.80 Å². The third-order valence-corrected chi connectivity index (χ3v) is 12.1. The molecule has 0 atom stereocenters. The second kappa shape index (κ2) is 17.4. The minimum Gasteiger partial charge on any atom is -0.340 e. The molecule has 7 rings (SSSR count). The number of anilines is 4. The Labute approximate surface area is 318 Å². The first-order chi connectivity index (χ1) is 25.6. The first-order valence-electron chi connectivity index (χ1n) is 19.0. The lowest BCUT2D eigenvalue weighted by molar-refractivity contribution is 0.112. The Morgan fingerprint density at radius 2 is 0.865 bits per heavy atom. The number of hydrogen-bond acceptors (Lipinski definition) is 5. The molecule has 0 spiro atoms. The third kappa shape index (κ3) is 8.43. The Morgan fingerprint density at radius 3 is 1.33 bits per heavy atom. The van der Waals surface area contributed by atoms with Gasteiger partial charge in [0.05, 0.1) is 22.7 Å². The van der Waals surface area contributed by atoms with Crippen LogP contribution in [0.5, 0.6) is 0 Å². The van der Waals surface area contributed by atoms with Gasteiger partial charge in [0.2, 0.25) is 0 Å². The molecule has 52 heavy (non-hydrogen) atoms. The maximum atomic E-state index is 12.0. The summed E-state index contributed by atoms with van der Waals surface area (Å²) in [7, 11) is 0. The van der Waals surface area contributed by atoms with Crippen molar-refractivity contribution in [3.63, 3.8) is 0 Å². The van der Waals surface area contributed by atoms with E-state index in [1.807, 2.05) is 35.7 Å². The average molecular weight is 721 g/mol. The standard InChI is InChI=1S/C47H48N2OS2/c1-3-5-7-13-27-48-40-15-9-11-17-44(40)51-46-32-35(23-25-42(46)48)19-21-37-29-38(31-39(30-37)34-50)22-20-36-24-26-43-47(33-36)52-45-18-12-10-16-41(45)49(43)28-14-8-6-4-2/h9-12,15-26,29-34H,3-8,13-14,27-28H2,1-2H3. The van der Waals surface area contributed by atoms with E-state index in [-0.39, 0.29) is 0 Å². The summed E-state index contributed by atoms with van der Waals surface area (Å²) >= 11 is 3.71. The zero-order valence-electron chi connectivity index (χ0n) is 30.4. The predicted molar refractivity (Wildman–Crippen MR) is 226 cm³/mol. The van der Waals surface area contributed by atoms with Crippen LogP contribution in [0.2, 0.25) is 0 Å². The molecule has 0 unspecified atom stereocenters. The maximum absolute atomic E-state index is 12.0. The van der Waals surface area contributed by atoms with E-state index >= 15 is 0 Å². The minimum absolute atomic E-state index is 0.675. The number of fused-ring (bicyclic) bond motifs is 4. The van der Waals surface area contributed by atoms with Gasteiger partial charge in [0.25, 0.3) is 0 Å². The zero-order chi connectivity index (χ0) is 35.7. The summed E-state index contributed by atoms with van der Waals surface area (Å²) in [5, 5.41) is 0. The monoisotopic (exact) mass is 720 g/mol. The van der Waals surface area contributed by atoms with Crippen LogP contribution in [0.25, 0.3) is 24.3 Å². The van der Waals surface area contributed by atoms with Crippen LogP contribution in [0.15, 0.2) is 123 Å². The van der Waals surface area contributed by atoms with Crippen molar-refractivity contribution in [2.75, 3.05) is 22.9 Å². The van der Waals surface area contributed by atoms with Gasteiger partial charge in [-0.1, -0.05) is 137 Å². The van der Waals surface area contributed by atoms with E-state index in [0.717, 1.165) is 41.6 Å². The van der Waals surface area contributed by atoms with Gasteiger partial charge in [-0.15, -0.1) is 0 Å². The second-order valence-electron chi connectivity index (χ2n) is 13.7. The molecule has 0 saturated heterocycles. The molecule has 0 aliphatic carbocycles. The topological polar surface area (TPSA) is 23.6 Å². The highest BCUT2D eigenvalue weighted by atomic mass is 32.2. The predicted octanol–water partition coefficient (Wildman–Crippen LogP) is 14.2. The summed E-state index contributed by atoms with van der Waals surface area (Å²) in [5.41, 5.74) is 10.2. The minimum atomic E-state index is 0.675. The highest BCUT2D eigenvalue weighted by molar-refractivity contribution is 8.00. The molecule has 2 aliphatic heterocycles. The van der Waals surface area contributed by atoms with Crippen LogP contribution in [0.1, 0.15) is 97.8 Å². The summed E-state index contributed by atoms with van der Waals surface area (Å²) < 4.78 is 0. The molecule has 0 radical (unpaired) electrons. The van der Waals surface area contributed by atoms with Gasteiger partial charge in [-0.3, -0.25) is 4.79 Å². The molecule has 5 aromatic rings. The van der Waals surface area contributed by atoms with E-state index in [1.54, 1.807) is 0 Å². The van der Waals surface area contributed by atoms with Crippen molar-refractivity contribution in [1.29, 1.82) is 0 Å². The van der Waals surface area contributed by atoms with Crippen molar-refractivity contribution < 1.29 is 4.79 Å². The Kier molecular flexibility index (Phi) is 12.0. The summed E-state index contributed by atoms with van der Waals surface area (Å²) in [6.07, 6.45) is 19.5. The van der Waals surface area contributed by atoms with Gasteiger partial charge in [0, 0.05) is 38.2 Å². The van der Waals surface area contributed by atoms with Crippen LogP contribution in [0, 0.1) is 0 Å². The number of unbranched alkanes of at least 4 members (excludes halogenated alkanes) is 6. The van der Waals surface area contributed by atoms with E-state index in [9.17, 15) is 4.79 Å². The summed E-state index contributed by atoms with van der Waals surface area (Å²) in [5.74, 6) is 0. The molecule has 2 aliphatic rings. The summed E-state index contributed by atoms with van der Waals surface area (Å²) in [4.78, 5) is 22.2. The number of para-hydroxylation sites is 2. The van der Waals surface area contributed by atoms with Crippen LogP contribution < -0.4 is 9.80 Å². The summed E-state index contributed by atoms with van der Waals surface area (Å²) in [6, 6.07) is 37.2. The number of carbonyl (C=O) groups is 1. The molecule has 0 N–H and O–H groups in total. The molecule has 5 heteroatoms. The largest absolute Gasteiger partial charge is 0.340 e. The van der Waals surface area contributed by atoms with Crippen LogP contribution in [0.3, 0.4) is 0 Å². The SMILES string of the molecule is CCCCCCN1c2ccccc2Sc2cc(C=Cc3cc(C=O)cc(C=Cc4ccc5c(c4)Sc4ccccc4N5CCCCCC)c3)ccc21. The van der Waals surface area contributed by atoms with Crippen molar-refractivity contribution in [2.45, 2.75) is 84.8 Å². The maximum Gasteiger partial charge on any atom is 0.150 e. The lowest BCUT2D eigenvalue weighted by atomic mass is 10.0. The molecule has 0 bridgehead atoms. The normalized spacial score (nSPS) is 13.3. The molecule has 3 nitrogen and oxygen atoms in total. The van der Waals surface area contributed by atoms with Crippen LogP contribution in [-0.2, 0) is 0 Å². The van der Waals surface area contributed by atoms with Gasteiger partial charge in [0.1, 0.15) is 6.29 Å². The number of hydrogen-bond donors (Lipinski definition) is 0. The number of benzene rings is 5. The van der Waals surface area contributed by atoms with Crippen molar-refractivity contribution in [2.24, 2.45) is 0 Å². The molecular weight excluding hydrogens is 673 g/mol. The molecule has 0 fully saturated rings. The molecule has 0 aromatic heterocycles. The number of rotatable bonds is 15. The van der Waals surface area contributed by atoms with Crippen molar-refractivity contribution in [3.05, 3.63) is 131 Å². The van der Waals surface area contributed by atoms with Crippen LogP contribution >= 0.6 is 23.5 Å². The van der Waals surface area contributed by atoms with Crippen molar-refractivity contribution in [1.82, 2.24) is 0 Å². The van der Waals surface area contributed by atoms with E-state index in [4.69, 9.17) is 0 Å². The molecule has 2 heterocycles. The first kappa shape index (κ1) is 35.9. The van der Waals surface area contributed by atoms with Crippen molar-refractivity contribution >= 4 is 76.9 Å². The number of aldehydes is 1. The molecule has 264 valence electrons. The first-order valence-corrected chi connectivity index (χ1v) is 20.6. The smallest absolute Gasteiger partial charge is 0.150 e. The second-order valence-corrected chi connectivity index (χ2v) is 15.9. The van der Waals surface area contributed by atoms with Gasteiger partial charge >= 0.3 is 0 Å². The van der Waals surface area contributed by atoms with E-state index in [2.05, 4.69) is 139 Å². The Morgan fingerprint density at radius 1 is 0.442 bits per heavy atom. The Bertz CT molecular complexity index is 1940. The van der Waals surface area contributed by atoms with Crippen LogP contribution in [0.4, 0.5) is 22.7 Å². The zero-order valence-corrected chi connectivity index (χ0v) is 32.0. The fourth-order valence-corrected chi connectivity index (χ4v) is 9.42. The molecule has 0 saturated carbocycles. The quantitative estimate of drug-likeness (QED) is 0.0609. The molecule has 5 aromatic carbocycles. The Hall–Kier alpha value is -4.45. The van der Waals surface area contributed by atoms with Gasteiger partial charge in [-0.05, 0) is 102 Å². The van der Waals surface area contributed by atoms with Crippen LogP contribution in [-0.4, -0.2) is 19.4 Å². The highest BCUT2D eigenvalue weighted by Gasteiger charge is 2.24. The molecule has 0 amide bonds. The number of nitrogens with zero attached hydrogens (tertiary/aromatic N) is 2. The molecular formula is C47H48N2OS2. The van der Waals surface area contributed by atoms with Gasteiger partial charge in [-0.25, -0.2) is 0 Å².